The molecule has 0 spiro atoms. The molecule has 0 aliphatic heterocycles. The van der Waals surface area contributed by atoms with Gasteiger partial charge in [0.25, 0.3) is 5.56 Å². The van der Waals surface area contributed by atoms with Crippen LogP contribution in [-0.4, -0.2) is 15.0 Å². The average molecular weight is 265 g/mol. The lowest BCUT2D eigenvalue weighted by atomic mass is 10.1. The predicted molar refractivity (Wildman–Crippen MR) is 78.9 cm³/mol. The zero-order chi connectivity index (χ0) is 14.1. The standard InChI is InChI=1S/C16H15N3O/c1-10-6-13-14(7-11(10)2)19-16(20)15(18-13)8-12-4-3-5-17-9-12/h3-7,9H,8H2,1-2H3,(H,19,20). The molecule has 0 amide bonds. The van der Waals surface area contributed by atoms with Gasteiger partial charge in [0.2, 0.25) is 0 Å². The van der Waals surface area contributed by atoms with E-state index in [4.69, 9.17) is 0 Å². The van der Waals surface area contributed by atoms with Crippen molar-refractivity contribution in [3.63, 3.8) is 0 Å². The minimum absolute atomic E-state index is 0.135. The molecule has 4 heteroatoms. The van der Waals surface area contributed by atoms with Crippen LogP contribution in [0.3, 0.4) is 0 Å². The largest absolute Gasteiger partial charge is 0.319 e. The molecular weight excluding hydrogens is 250 g/mol. The van der Waals surface area contributed by atoms with Gasteiger partial charge in [-0.2, -0.15) is 0 Å². The fourth-order valence-corrected chi connectivity index (χ4v) is 2.20. The molecule has 0 unspecified atom stereocenters. The van der Waals surface area contributed by atoms with Gasteiger partial charge in [0.05, 0.1) is 11.0 Å². The zero-order valence-corrected chi connectivity index (χ0v) is 11.5. The fraction of sp³-hybridized carbons (Fsp3) is 0.188. The molecule has 0 radical (unpaired) electrons. The first-order valence-corrected chi connectivity index (χ1v) is 6.52. The van der Waals surface area contributed by atoms with Crippen molar-refractivity contribution in [1.29, 1.82) is 0 Å². The molecule has 3 rings (SSSR count). The van der Waals surface area contributed by atoms with Crippen LogP contribution in [0, 0.1) is 13.8 Å². The van der Waals surface area contributed by atoms with Gasteiger partial charge in [-0.05, 0) is 48.7 Å². The highest BCUT2D eigenvalue weighted by molar-refractivity contribution is 5.76. The molecule has 1 N–H and O–H groups in total. The minimum atomic E-state index is -0.135. The van der Waals surface area contributed by atoms with E-state index >= 15 is 0 Å². The van der Waals surface area contributed by atoms with E-state index in [1.165, 1.54) is 5.56 Å². The first kappa shape index (κ1) is 12.5. The number of hydrogen-bond donors (Lipinski definition) is 1. The summed E-state index contributed by atoms with van der Waals surface area (Å²) in [5.41, 5.74) is 5.30. The van der Waals surface area contributed by atoms with Crippen molar-refractivity contribution in [2.24, 2.45) is 0 Å². The molecular formula is C16H15N3O. The van der Waals surface area contributed by atoms with Gasteiger partial charge in [-0.3, -0.25) is 9.78 Å². The molecule has 0 atom stereocenters. The summed E-state index contributed by atoms with van der Waals surface area (Å²) in [4.78, 5) is 23.6. The molecule has 0 saturated heterocycles. The lowest BCUT2D eigenvalue weighted by molar-refractivity contribution is 1.02. The summed E-state index contributed by atoms with van der Waals surface area (Å²) in [6.07, 6.45) is 3.96. The van der Waals surface area contributed by atoms with Crippen LogP contribution in [0.5, 0.6) is 0 Å². The van der Waals surface area contributed by atoms with E-state index in [-0.39, 0.29) is 5.56 Å². The monoisotopic (exact) mass is 265 g/mol. The van der Waals surface area contributed by atoms with Gasteiger partial charge in [-0.25, -0.2) is 4.98 Å². The Hall–Kier alpha value is -2.49. The molecule has 0 bridgehead atoms. The van der Waals surface area contributed by atoms with E-state index < -0.39 is 0 Å². The summed E-state index contributed by atoms with van der Waals surface area (Å²) >= 11 is 0. The van der Waals surface area contributed by atoms with Crippen LogP contribution in [-0.2, 0) is 6.42 Å². The lowest BCUT2D eigenvalue weighted by Gasteiger charge is -2.05. The summed E-state index contributed by atoms with van der Waals surface area (Å²) < 4.78 is 0. The number of pyridine rings is 1. The van der Waals surface area contributed by atoms with Crippen LogP contribution < -0.4 is 5.56 Å². The Morgan fingerprint density at radius 1 is 1.20 bits per heavy atom. The third-order valence-electron chi connectivity index (χ3n) is 3.47. The van der Waals surface area contributed by atoms with E-state index in [1.807, 2.05) is 38.1 Å². The van der Waals surface area contributed by atoms with Crippen LogP contribution in [0.25, 0.3) is 11.0 Å². The van der Waals surface area contributed by atoms with Crippen LogP contribution in [0.1, 0.15) is 22.4 Å². The second kappa shape index (κ2) is 4.89. The topological polar surface area (TPSA) is 58.6 Å². The maximum absolute atomic E-state index is 12.1. The Kier molecular flexibility index (Phi) is 3.06. The molecule has 20 heavy (non-hydrogen) atoms. The summed E-state index contributed by atoms with van der Waals surface area (Å²) in [5.74, 6) is 0. The zero-order valence-electron chi connectivity index (χ0n) is 11.5. The molecule has 1 aromatic carbocycles. The molecule has 3 aromatic rings. The third kappa shape index (κ3) is 2.32. The molecule has 100 valence electrons. The van der Waals surface area contributed by atoms with E-state index in [1.54, 1.807) is 12.4 Å². The van der Waals surface area contributed by atoms with E-state index in [0.29, 0.717) is 12.1 Å². The Morgan fingerprint density at radius 3 is 2.75 bits per heavy atom. The number of nitrogens with one attached hydrogen (secondary N) is 1. The highest BCUT2D eigenvalue weighted by Gasteiger charge is 2.07. The molecule has 0 saturated carbocycles. The maximum atomic E-state index is 12.1. The van der Waals surface area contributed by atoms with E-state index in [2.05, 4.69) is 15.0 Å². The first-order chi connectivity index (χ1) is 9.63. The second-order valence-corrected chi connectivity index (χ2v) is 5.00. The van der Waals surface area contributed by atoms with Gasteiger partial charge >= 0.3 is 0 Å². The van der Waals surface area contributed by atoms with Gasteiger partial charge in [0, 0.05) is 18.8 Å². The second-order valence-electron chi connectivity index (χ2n) is 5.00. The normalized spacial score (nSPS) is 10.9. The van der Waals surface area contributed by atoms with Crippen LogP contribution in [0.15, 0.2) is 41.5 Å². The summed E-state index contributed by atoms with van der Waals surface area (Å²) in [7, 11) is 0. The van der Waals surface area contributed by atoms with Crippen molar-refractivity contribution >= 4 is 11.0 Å². The van der Waals surface area contributed by atoms with Gasteiger partial charge in [0.1, 0.15) is 5.69 Å². The molecule has 2 heterocycles. The van der Waals surface area contributed by atoms with Crippen LogP contribution in [0.4, 0.5) is 0 Å². The van der Waals surface area contributed by atoms with Crippen LogP contribution >= 0.6 is 0 Å². The quantitative estimate of drug-likeness (QED) is 0.774. The number of benzene rings is 1. The Bertz CT molecular complexity index is 822. The fourth-order valence-electron chi connectivity index (χ4n) is 2.20. The molecule has 0 fully saturated rings. The van der Waals surface area contributed by atoms with Gasteiger partial charge < -0.3 is 4.98 Å². The van der Waals surface area contributed by atoms with Crippen molar-refractivity contribution in [2.75, 3.05) is 0 Å². The first-order valence-electron chi connectivity index (χ1n) is 6.52. The van der Waals surface area contributed by atoms with Crippen molar-refractivity contribution < 1.29 is 0 Å². The maximum Gasteiger partial charge on any atom is 0.270 e. The predicted octanol–water partition coefficient (Wildman–Crippen LogP) is 2.53. The number of fused-ring (bicyclic) bond motifs is 1. The molecule has 0 aliphatic rings. The molecule has 0 aliphatic carbocycles. The summed E-state index contributed by atoms with van der Waals surface area (Å²) in [6.45, 7) is 4.07. The van der Waals surface area contributed by atoms with Crippen molar-refractivity contribution in [1.82, 2.24) is 15.0 Å². The number of aryl methyl sites for hydroxylation is 2. The van der Waals surface area contributed by atoms with E-state index in [0.717, 1.165) is 22.2 Å². The smallest absolute Gasteiger partial charge is 0.270 e. The van der Waals surface area contributed by atoms with Crippen molar-refractivity contribution in [3.05, 3.63) is 69.4 Å². The minimum Gasteiger partial charge on any atom is -0.319 e. The van der Waals surface area contributed by atoms with Gasteiger partial charge in [-0.1, -0.05) is 6.07 Å². The number of hydrogen-bond acceptors (Lipinski definition) is 3. The number of aromatic nitrogens is 3. The van der Waals surface area contributed by atoms with E-state index in [9.17, 15) is 4.79 Å². The Balaban J connectivity index is 2.10. The lowest BCUT2D eigenvalue weighted by Crippen LogP contribution is -2.15. The molecule has 2 aromatic heterocycles. The number of nitrogens with zero attached hydrogens (tertiary/aromatic N) is 2. The highest BCUT2D eigenvalue weighted by Crippen LogP contribution is 2.15. The SMILES string of the molecule is Cc1cc2nc(Cc3cccnc3)c(=O)[nH]c2cc1C. The Labute approximate surface area is 116 Å². The third-order valence-corrected chi connectivity index (χ3v) is 3.47. The highest BCUT2D eigenvalue weighted by atomic mass is 16.1. The number of rotatable bonds is 2. The number of aromatic amines is 1. The number of H-pyrrole nitrogens is 1. The van der Waals surface area contributed by atoms with Crippen molar-refractivity contribution in [3.8, 4) is 0 Å². The van der Waals surface area contributed by atoms with Crippen LogP contribution in [0.2, 0.25) is 0 Å². The summed E-state index contributed by atoms with van der Waals surface area (Å²) in [6, 6.07) is 7.77. The van der Waals surface area contributed by atoms with Gasteiger partial charge in [0.15, 0.2) is 0 Å². The van der Waals surface area contributed by atoms with Gasteiger partial charge in [-0.15, -0.1) is 0 Å². The summed E-state index contributed by atoms with van der Waals surface area (Å²) in [5, 5.41) is 0. The Morgan fingerprint density at radius 2 is 2.00 bits per heavy atom. The average Bonchev–Trinajstić information content (AvgIpc) is 2.43. The van der Waals surface area contributed by atoms with Crippen molar-refractivity contribution in [2.45, 2.75) is 20.3 Å². The molecule has 4 nitrogen and oxygen atoms in total.